The van der Waals surface area contributed by atoms with Gasteiger partial charge in [-0.2, -0.15) is 0 Å². The number of aromatic nitrogens is 1. The number of carbonyl (C=O) groups excluding carboxylic acids is 4. The molecule has 1 saturated carbocycles. The Morgan fingerprint density at radius 1 is 0.882 bits per heavy atom. The number of ether oxygens (including phenoxy) is 4. The summed E-state index contributed by atoms with van der Waals surface area (Å²) in [5.41, 5.74) is 8.54. The van der Waals surface area contributed by atoms with Crippen molar-refractivity contribution in [2.75, 3.05) is 0 Å². The number of thiazole rings is 1. The molecule has 2 heterocycles. The van der Waals surface area contributed by atoms with Crippen LogP contribution in [0.15, 0.2) is 95.9 Å². The molecule has 0 aliphatic heterocycles. The molecule has 0 bridgehead atoms. The van der Waals surface area contributed by atoms with E-state index >= 15 is 0 Å². The van der Waals surface area contributed by atoms with Gasteiger partial charge >= 0.3 is 23.9 Å². The quantitative estimate of drug-likeness (QED) is 0.0609. The summed E-state index contributed by atoms with van der Waals surface area (Å²) in [6, 6.07) is 19.9. The lowest BCUT2D eigenvalue weighted by Crippen LogP contribution is -2.34. The van der Waals surface area contributed by atoms with Gasteiger partial charge in [0.05, 0.1) is 27.0 Å². The van der Waals surface area contributed by atoms with Gasteiger partial charge in [0, 0.05) is 18.6 Å². The molecule has 13 heteroatoms. The molecule has 11 nitrogen and oxygen atoms in total. The maximum absolute atomic E-state index is 13.2. The Labute approximate surface area is 301 Å². The van der Waals surface area contributed by atoms with Crippen molar-refractivity contribution in [3.8, 4) is 27.1 Å². The molecule has 1 aliphatic carbocycles. The zero-order valence-corrected chi connectivity index (χ0v) is 29.4. The van der Waals surface area contributed by atoms with Gasteiger partial charge in [-0.3, -0.25) is 9.59 Å². The van der Waals surface area contributed by atoms with Gasteiger partial charge in [-0.15, -0.1) is 27.8 Å². The summed E-state index contributed by atoms with van der Waals surface area (Å²) >= 11 is 3.14. The van der Waals surface area contributed by atoms with Crippen LogP contribution < -0.4 is 14.2 Å². The number of fused-ring (bicyclic) bond motifs is 1. The van der Waals surface area contributed by atoms with Crippen molar-refractivity contribution >= 4 is 56.8 Å². The largest absolute Gasteiger partial charge is 0.431 e. The van der Waals surface area contributed by atoms with Crippen LogP contribution in [0.2, 0.25) is 0 Å². The van der Waals surface area contributed by atoms with Gasteiger partial charge in [0.15, 0.2) is 5.75 Å². The maximum atomic E-state index is 13.2. The van der Waals surface area contributed by atoms with Crippen molar-refractivity contribution in [3.05, 3.63) is 108 Å². The predicted octanol–water partition coefficient (Wildman–Crippen LogP) is 8.80. The standard InChI is InChI=1S/C38H33N3O8S2/c1-4-31(42)46-27-16-18-28(19-17-27)47-35(43)23-8-10-25(11-9-23)37(45)49-38(3,41-39)26-14-12-24(13-15-26)36(44)48-29-20-7-22(2)33-32(29)40-34(51-33)30-6-5-21-50-30/h4-7,12-21,23,25,39H,1,8-11H2,2-3H3. The Morgan fingerprint density at radius 2 is 1.53 bits per heavy atom. The van der Waals surface area contributed by atoms with E-state index in [4.69, 9.17) is 29.5 Å². The van der Waals surface area contributed by atoms with Crippen molar-refractivity contribution in [3.63, 3.8) is 0 Å². The van der Waals surface area contributed by atoms with E-state index in [9.17, 15) is 19.2 Å². The molecule has 3 aromatic carbocycles. The van der Waals surface area contributed by atoms with Gasteiger partial charge in [-0.25, -0.2) is 20.1 Å². The van der Waals surface area contributed by atoms with Crippen LogP contribution in [-0.2, 0) is 24.8 Å². The molecule has 1 fully saturated rings. The molecule has 2 aromatic heterocycles. The zero-order chi connectivity index (χ0) is 36.1. The molecular formula is C38H33N3O8S2. The second-order valence-electron chi connectivity index (χ2n) is 12.1. The van der Waals surface area contributed by atoms with Gasteiger partial charge < -0.3 is 18.9 Å². The van der Waals surface area contributed by atoms with E-state index in [-0.39, 0.29) is 5.56 Å². The van der Waals surface area contributed by atoms with Crippen molar-refractivity contribution in [1.29, 1.82) is 5.53 Å². The number of thiophene rings is 1. The first-order valence-corrected chi connectivity index (χ1v) is 17.8. The van der Waals surface area contributed by atoms with E-state index in [0.29, 0.717) is 54.0 Å². The number of hydrogen-bond donors (Lipinski definition) is 1. The van der Waals surface area contributed by atoms with Crippen LogP contribution in [-0.4, -0.2) is 28.9 Å². The third kappa shape index (κ3) is 7.95. The van der Waals surface area contributed by atoms with Crippen LogP contribution in [0.4, 0.5) is 0 Å². The van der Waals surface area contributed by atoms with Crippen molar-refractivity contribution < 1.29 is 38.1 Å². The highest BCUT2D eigenvalue weighted by Gasteiger charge is 2.37. The average Bonchev–Trinajstić information content (AvgIpc) is 3.85. The summed E-state index contributed by atoms with van der Waals surface area (Å²) in [6.07, 6.45) is 2.68. The second-order valence-corrected chi connectivity index (χ2v) is 14.1. The fourth-order valence-electron chi connectivity index (χ4n) is 5.70. The number of nitrogens with one attached hydrogen (secondary N) is 1. The number of nitrogens with zero attached hydrogens (tertiary/aromatic N) is 2. The minimum atomic E-state index is -1.62. The highest BCUT2D eigenvalue weighted by Crippen LogP contribution is 2.39. The lowest BCUT2D eigenvalue weighted by molar-refractivity contribution is -0.167. The fraction of sp³-hybridized carbons (Fsp3) is 0.237. The fourth-order valence-corrected chi connectivity index (χ4v) is 7.54. The average molecular weight is 724 g/mol. The third-order valence-corrected chi connectivity index (χ3v) is 10.9. The number of rotatable bonds is 11. The van der Waals surface area contributed by atoms with Crippen LogP contribution in [0.5, 0.6) is 17.2 Å². The molecule has 51 heavy (non-hydrogen) atoms. The lowest BCUT2D eigenvalue weighted by atomic mass is 9.82. The number of aryl methyl sites for hydroxylation is 1. The van der Waals surface area contributed by atoms with Gasteiger partial charge in [-0.05, 0) is 92.1 Å². The van der Waals surface area contributed by atoms with E-state index < -0.39 is 41.4 Å². The highest BCUT2D eigenvalue weighted by molar-refractivity contribution is 7.25. The molecule has 1 N–H and O–H groups in total. The van der Waals surface area contributed by atoms with E-state index in [1.807, 2.05) is 30.5 Å². The molecule has 0 amide bonds. The molecule has 1 unspecified atom stereocenters. The summed E-state index contributed by atoms with van der Waals surface area (Å²) in [7, 11) is 0. The van der Waals surface area contributed by atoms with Gasteiger partial charge in [0.2, 0.25) is 5.72 Å². The van der Waals surface area contributed by atoms with E-state index in [1.165, 1.54) is 43.3 Å². The zero-order valence-electron chi connectivity index (χ0n) is 27.8. The first kappa shape index (κ1) is 35.3. The summed E-state index contributed by atoms with van der Waals surface area (Å²) in [4.78, 5) is 56.4. The molecule has 1 aliphatic rings. The van der Waals surface area contributed by atoms with E-state index in [1.54, 1.807) is 40.9 Å². The van der Waals surface area contributed by atoms with Crippen molar-refractivity contribution in [1.82, 2.24) is 4.98 Å². The van der Waals surface area contributed by atoms with Crippen LogP contribution >= 0.6 is 22.7 Å². The van der Waals surface area contributed by atoms with Gasteiger partial charge in [-0.1, -0.05) is 30.8 Å². The molecule has 0 spiro atoms. The SMILES string of the molecule is C=CC(=O)Oc1ccc(OC(=O)C2CCC(C(=O)OC(C)(N=N)c3ccc(C(=O)Oc4ccc(C)c5sc(-c6cccs6)nc45)cc3)CC2)cc1. The lowest BCUT2D eigenvalue weighted by Gasteiger charge is -2.30. The maximum Gasteiger partial charge on any atom is 0.343 e. The first-order chi connectivity index (χ1) is 24.6. The Bertz CT molecular complexity index is 2100. The number of esters is 4. The Hall–Kier alpha value is -5.53. The monoisotopic (exact) mass is 723 g/mol. The summed E-state index contributed by atoms with van der Waals surface area (Å²) in [6.45, 7) is 6.85. The molecule has 0 radical (unpaired) electrons. The predicted molar refractivity (Wildman–Crippen MR) is 191 cm³/mol. The molecule has 0 saturated heterocycles. The Balaban J connectivity index is 1.04. The summed E-state index contributed by atoms with van der Waals surface area (Å²) in [5.74, 6) is -2.05. The van der Waals surface area contributed by atoms with Crippen LogP contribution in [0.1, 0.15) is 54.1 Å². The minimum Gasteiger partial charge on any atom is -0.431 e. The minimum absolute atomic E-state index is 0.261. The van der Waals surface area contributed by atoms with Crippen LogP contribution in [0, 0.1) is 24.3 Å². The second kappa shape index (κ2) is 15.2. The molecule has 260 valence electrons. The molecular weight excluding hydrogens is 691 g/mol. The normalized spacial score (nSPS) is 16.7. The highest BCUT2D eigenvalue weighted by atomic mass is 32.1. The molecule has 1 atom stereocenters. The topological polar surface area (TPSA) is 154 Å². The number of hydrogen-bond acceptors (Lipinski definition) is 13. The smallest absolute Gasteiger partial charge is 0.343 e. The summed E-state index contributed by atoms with van der Waals surface area (Å²) < 4.78 is 23.0. The van der Waals surface area contributed by atoms with Gasteiger partial charge in [0.25, 0.3) is 0 Å². The first-order valence-electron chi connectivity index (χ1n) is 16.1. The van der Waals surface area contributed by atoms with Crippen molar-refractivity contribution in [2.24, 2.45) is 17.0 Å². The number of benzene rings is 3. The summed E-state index contributed by atoms with van der Waals surface area (Å²) in [5, 5.41) is 6.47. The van der Waals surface area contributed by atoms with E-state index in [0.717, 1.165) is 26.2 Å². The van der Waals surface area contributed by atoms with E-state index in [2.05, 4.69) is 11.7 Å². The van der Waals surface area contributed by atoms with Crippen LogP contribution in [0.3, 0.4) is 0 Å². The van der Waals surface area contributed by atoms with Crippen LogP contribution in [0.25, 0.3) is 20.1 Å². The van der Waals surface area contributed by atoms with Gasteiger partial charge in [0.1, 0.15) is 22.0 Å². The molecule has 5 aromatic rings. The number of carbonyl (C=O) groups is 4. The molecule has 6 rings (SSSR count). The Morgan fingerprint density at radius 3 is 2.14 bits per heavy atom. The third-order valence-electron chi connectivity index (χ3n) is 8.63. The Kier molecular flexibility index (Phi) is 10.5. The van der Waals surface area contributed by atoms with Crippen molar-refractivity contribution in [2.45, 2.75) is 45.3 Å².